The van der Waals surface area contributed by atoms with Crippen LogP contribution in [0.25, 0.3) is 10.9 Å². The summed E-state index contributed by atoms with van der Waals surface area (Å²) in [6.07, 6.45) is 3.63. The van der Waals surface area contributed by atoms with Gasteiger partial charge in [0, 0.05) is 42.0 Å². The minimum Gasteiger partial charge on any atom is -0.354 e. The zero-order valence-corrected chi connectivity index (χ0v) is 16.8. The Labute approximate surface area is 162 Å². The van der Waals surface area contributed by atoms with Crippen molar-refractivity contribution in [3.63, 3.8) is 0 Å². The Hall–Kier alpha value is -2.55. The fourth-order valence-electron chi connectivity index (χ4n) is 3.73. The van der Waals surface area contributed by atoms with Crippen LogP contribution in [0, 0.1) is 6.92 Å². The first-order chi connectivity index (χ1) is 13.0. The highest BCUT2D eigenvalue weighted by Gasteiger charge is 2.23. The number of nitrogens with one attached hydrogen (secondary N) is 1. The van der Waals surface area contributed by atoms with E-state index in [-0.39, 0.29) is 17.9 Å². The number of para-hydroxylation sites is 1. The van der Waals surface area contributed by atoms with E-state index < -0.39 is 0 Å². The first-order valence-electron chi connectivity index (χ1n) is 9.97. The third-order valence-electron chi connectivity index (χ3n) is 5.39. The Balaban J connectivity index is 2.06. The van der Waals surface area contributed by atoms with Gasteiger partial charge in [-0.05, 0) is 44.4 Å². The largest absolute Gasteiger partial charge is 0.354 e. The average molecular weight is 363 g/mol. The van der Waals surface area contributed by atoms with Crippen LogP contribution < -0.4 is 5.32 Å². The molecule has 0 fully saturated rings. The lowest BCUT2D eigenvalue weighted by Gasteiger charge is -2.19. The molecule has 0 saturated heterocycles. The van der Waals surface area contributed by atoms with Gasteiger partial charge in [0.25, 0.3) is 0 Å². The van der Waals surface area contributed by atoms with Crippen molar-refractivity contribution in [3.8, 4) is 0 Å². The van der Waals surface area contributed by atoms with Gasteiger partial charge in [-0.2, -0.15) is 0 Å². The third-order valence-corrected chi connectivity index (χ3v) is 5.39. The molecule has 0 spiro atoms. The standard InChI is InChI=1S/C24H30N2O/c1-5-18(4)25-24(27)15-21(19-11-9-10-17(3)14-19)22-16-26(6-2)23-13-8-7-12-20(22)23/h7-14,16,18,21H,5-6,15H2,1-4H3,(H,25,27)/t18-,21+/m0/s1. The first-order valence-corrected chi connectivity index (χ1v) is 9.97. The Bertz CT molecular complexity index is 925. The summed E-state index contributed by atoms with van der Waals surface area (Å²) in [5, 5.41) is 4.38. The molecule has 2 aromatic carbocycles. The molecule has 1 aromatic heterocycles. The Morgan fingerprint density at radius 1 is 1.11 bits per heavy atom. The predicted octanol–water partition coefficient (Wildman–Crippen LogP) is 5.41. The molecule has 0 radical (unpaired) electrons. The number of hydrogen-bond donors (Lipinski definition) is 1. The quantitative estimate of drug-likeness (QED) is 0.599. The number of hydrogen-bond acceptors (Lipinski definition) is 1. The van der Waals surface area contributed by atoms with Crippen molar-refractivity contribution in [3.05, 3.63) is 71.4 Å². The van der Waals surface area contributed by atoms with Crippen LogP contribution in [0.2, 0.25) is 0 Å². The number of aromatic nitrogens is 1. The van der Waals surface area contributed by atoms with Crippen LogP contribution in [0.1, 0.15) is 56.2 Å². The molecule has 3 nitrogen and oxygen atoms in total. The van der Waals surface area contributed by atoms with E-state index in [2.05, 4.69) is 92.3 Å². The van der Waals surface area contributed by atoms with Crippen LogP contribution in [-0.4, -0.2) is 16.5 Å². The fraction of sp³-hybridized carbons (Fsp3) is 0.375. The molecule has 0 unspecified atom stereocenters. The maximum absolute atomic E-state index is 12.7. The van der Waals surface area contributed by atoms with Gasteiger partial charge < -0.3 is 9.88 Å². The molecule has 0 saturated carbocycles. The molecule has 1 amide bonds. The highest BCUT2D eigenvalue weighted by atomic mass is 16.1. The van der Waals surface area contributed by atoms with Gasteiger partial charge in [-0.15, -0.1) is 0 Å². The number of carbonyl (C=O) groups is 1. The van der Waals surface area contributed by atoms with Crippen LogP contribution in [0.15, 0.2) is 54.7 Å². The Morgan fingerprint density at radius 2 is 1.89 bits per heavy atom. The summed E-state index contributed by atoms with van der Waals surface area (Å²) in [5.41, 5.74) is 4.89. The van der Waals surface area contributed by atoms with Gasteiger partial charge in [0.1, 0.15) is 0 Å². The summed E-state index contributed by atoms with van der Waals surface area (Å²) >= 11 is 0. The summed E-state index contributed by atoms with van der Waals surface area (Å²) in [7, 11) is 0. The van der Waals surface area contributed by atoms with Crippen LogP contribution >= 0.6 is 0 Å². The van der Waals surface area contributed by atoms with Crippen molar-refractivity contribution in [1.29, 1.82) is 0 Å². The summed E-state index contributed by atoms with van der Waals surface area (Å²) in [6, 6.07) is 17.2. The van der Waals surface area contributed by atoms with E-state index in [0.29, 0.717) is 6.42 Å². The summed E-state index contributed by atoms with van der Waals surface area (Å²) < 4.78 is 2.28. The average Bonchev–Trinajstić information content (AvgIpc) is 3.04. The lowest BCUT2D eigenvalue weighted by atomic mass is 9.87. The lowest BCUT2D eigenvalue weighted by molar-refractivity contribution is -0.121. The molecule has 0 aliphatic rings. The zero-order chi connectivity index (χ0) is 19.4. The molecule has 2 atom stereocenters. The Kier molecular flexibility index (Phi) is 6.00. The van der Waals surface area contributed by atoms with E-state index in [1.165, 1.54) is 27.6 Å². The number of benzene rings is 2. The highest BCUT2D eigenvalue weighted by molar-refractivity contribution is 5.86. The van der Waals surface area contributed by atoms with Crippen molar-refractivity contribution in [2.45, 2.75) is 59.0 Å². The second kappa shape index (κ2) is 8.43. The van der Waals surface area contributed by atoms with E-state index in [1.807, 2.05) is 0 Å². The predicted molar refractivity (Wildman–Crippen MR) is 113 cm³/mol. The van der Waals surface area contributed by atoms with Crippen molar-refractivity contribution < 1.29 is 4.79 Å². The fourth-order valence-corrected chi connectivity index (χ4v) is 3.73. The van der Waals surface area contributed by atoms with Crippen molar-refractivity contribution in [1.82, 2.24) is 9.88 Å². The van der Waals surface area contributed by atoms with Crippen molar-refractivity contribution >= 4 is 16.8 Å². The second-order valence-electron chi connectivity index (χ2n) is 7.44. The maximum atomic E-state index is 12.7. The highest BCUT2D eigenvalue weighted by Crippen LogP contribution is 2.35. The molecule has 1 heterocycles. The van der Waals surface area contributed by atoms with E-state index >= 15 is 0 Å². The molecule has 0 bridgehead atoms. The third kappa shape index (κ3) is 4.24. The maximum Gasteiger partial charge on any atom is 0.221 e. The summed E-state index contributed by atoms with van der Waals surface area (Å²) in [5.74, 6) is 0.163. The van der Waals surface area contributed by atoms with Gasteiger partial charge in [0.05, 0.1) is 0 Å². The van der Waals surface area contributed by atoms with Gasteiger partial charge in [-0.1, -0.05) is 55.0 Å². The second-order valence-corrected chi connectivity index (χ2v) is 7.44. The molecule has 27 heavy (non-hydrogen) atoms. The number of nitrogens with zero attached hydrogens (tertiary/aromatic N) is 1. The van der Waals surface area contributed by atoms with Crippen LogP contribution in [0.4, 0.5) is 0 Å². The molecular weight excluding hydrogens is 332 g/mol. The molecule has 0 aliphatic heterocycles. The molecule has 0 aliphatic carbocycles. The molecule has 142 valence electrons. The Morgan fingerprint density at radius 3 is 2.59 bits per heavy atom. The van der Waals surface area contributed by atoms with Crippen LogP contribution in [-0.2, 0) is 11.3 Å². The summed E-state index contributed by atoms with van der Waals surface area (Å²) in [4.78, 5) is 12.7. The van der Waals surface area contributed by atoms with Gasteiger partial charge in [0.15, 0.2) is 0 Å². The van der Waals surface area contributed by atoms with E-state index in [0.717, 1.165) is 13.0 Å². The molecule has 3 rings (SSSR count). The molecule has 1 N–H and O–H groups in total. The SMILES string of the molecule is CC[C@H](C)NC(=O)C[C@H](c1cccc(C)c1)c1cn(CC)c2ccccc12. The molecular formula is C24H30N2O. The monoisotopic (exact) mass is 362 g/mol. The van der Waals surface area contributed by atoms with Gasteiger partial charge >= 0.3 is 0 Å². The minimum atomic E-state index is 0.0478. The van der Waals surface area contributed by atoms with Crippen molar-refractivity contribution in [2.75, 3.05) is 0 Å². The lowest BCUT2D eigenvalue weighted by Crippen LogP contribution is -2.33. The van der Waals surface area contributed by atoms with E-state index in [9.17, 15) is 4.79 Å². The van der Waals surface area contributed by atoms with Crippen molar-refractivity contribution in [2.24, 2.45) is 0 Å². The summed E-state index contributed by atoms with van der Waals surface area (Å²) in [6.45, 7) is 9.34. The normalized spacial score (nSPS) is 13.5. The number of aryl methyl sites for hydroxylation is 2. The van der Waals surface area contributed by atoms with Crippen LogP contribution in [0.3, 0.4) is 0 Å². The number of fused-ring (bicyclic) bond motifs is 1. The van der Waals surface area contributed by atoms with Gasteiger partial charge in [-0.25, -0.2) is 0 Å². The van der Waals surface area contributed by atoms with Gasteiger partial charge in [-0.3, -0.25) is 4.79 Å². The van der Waals surface area contributed by atoms with E-state index in [1.54, 1.807) is 0 Å². The number of carbonyl (C=O) groups excluding carboxylic acids is 1. The van der Waals surface area contributed by atoms with Crippen LogP contribution in [0.5, 0.6) is 0 Å². The minimum absolute atomic E-state index is 0.0478. The molecule has 3 aromatic rings. The topological polar surface area (TPSA) is 34.0 Å². The number of amides is 1. The zero-order valence-electron chi connectivity index (χ0n) is 16.8. The first kappa shape index (κ1) is 19.2. The smallest absolute Gasteiger partial charge is 0.221 e. The van der Waals surface area contributed by atoms with E-state index in [4.69, 9.17) is 0 Å². The number of rotatable bonds is 7. The molecule has 3 heteroatoms. The van der Waals surface area contributed by atoms with Gasteiger partial charge in [0.2, 0.25) is 5.91 Å².